The SMILES string of the molecule is CCCCNC(=O)C(Cc1ccccc1)N(Cc1c(Cl)cccc1Cl)C(=O)CN(c1cc(Cl)ccc1C)S(=O)(=O)c1ccc(C)cc1. The van der Waals surface area contributed by atoms with Gasteiger partial charge < -0.3 is 10.2 Å². The molecule has 0 radical (unpaired) electrons. The Morgan fingerprint density at radius 2 is 1.51 bits per heavy atom. The summed E-state index contributed by atoms with van der Waals surface area (Å²) in [5.41, 5.74) is 2.98. The molecule has 0 fully saturated rings. The van der Waals surface area contributed by atoms with E-state index in [9.17, 15) is 18.0 Å². The molecule has 2 amide bonds. The zero-order valence-corrected chi connectivity index (χ0v) is 29.6. The molecule has 11 heteroatoms. The van der Waals surface area contributed by atoms with Gasteiger partial charge in [0.05, 0.1) is 10.6 Å². The van der Waals surface area contributed by atoms with Crippen LogP contribution in [0.4, 0.5) is 5.69 Å². The molecule has 0 aliphatic heterocycles. The van der Waals surface area contributed by atoms with E-state index in [1.54, 1.807) is 49.4 Å². The van der Waals surface area contributed by atoms with Crippen molar-refractivity contribution in [1.29, 1.82) is 0 Å². The van der Waals surface area contributed by atoms with Crippen molar-refractivity contribution in [3.63, 3.8) is 0 Å². The molecule has 1 atom stereocenters. The number of hydrogen-bond donors (Lipinski definition) is 1. The molecule has 0 bridgehead atoms. The van der Waals surface area contributed by atoms with E-state index in [0.717, 1.165) is 28.3 Å². The number of carbonyl (C=O) groups is 2. The Kier molecular flexibility index (Phi) is 12.7. The van der Waals surface area contributed by atoms with Crippen LogP contribution in [0.3, 0.4) is 0 Å². The quantitative estimate of drug-likeness (QED) is 0.134. The second kappa shape index (κ2) is 16.5. The first kappa shape index (κ1) is 36.3. The molecule has 7 nitrogen and oxygen atoms in total. The van der Waals surface area contributed by atoms with Crippen LogP contribution < -0.4 is 9.62 Å². The highest BCUT2D eigenvalue weighted by atomic mass is 35.5. The molecule has 47 heavy (non-hydrogen) atoms. The fourth-order valence-corrected chi connectivity index (χ4v) is 7.27. The van der Waals surface area contributed by atoms with E-state index in [-0.39, 0.29) is 29.5 Å². The van der Waals surface area contributed by atoms with Gasteiger partial charge in [0, 0.05) is 40.1 Å². The number of benzene rings is 4. The maximum atomic E-state index is 14.7. The van der Waals surface area contributed by atoms with E-state index < -0.39 is 28.5 Å². The molecule has 0 spiro atoms. The van der Waals surface area contributed by atoms with Gasteiger partial charge >= 0.3 is 0 Å². The first-order valence-electron chi connectivity index (χ1n) is 15.3. The Bertz CT molecular complexity index is 1780. The van der Waals surface area contributed by atoms with E-state index in [4.69, 9.17) is 34.8 Å². The molecular weight excluding hydrogens is 677 g/mol. The normalized spacial score (nSPS) is 12.0. The first-order valence-corrected chi connectivity index (χ1v) is 17.9. The van der Waals surface area contributed by atoms with E-state index in [1.165, 1.54) is 23.1 Å². The number of amides is 2. The Hall–Kier alpha value is -3.56. The van der Waals surface area contributed by atoms with Crippen molar-refractivity contribution in [3.8, 4) is 0 Å². The summed E-state index contributed by atoms with van der Waals surface area (Å²) in [7, 11) is -4.28. The number of anilines is 1. The predicted octanol–water partition coefficient (Wildman–Crippen LogP) is 8.02. The maximum absolute atomic E-state index is 14.7. The zero-order chi connectivity index (χ0) is 34.1. The molecule has 0 aromatic heterocycles. The molecule has 0 aliphatic carbocycles. The molecule has 4 rings (SSSR count). The number of carbonyl (C=O) groups excluding carboxylic acids is 2. The third-order valence-corrected chi connectivity index (χ3v) is 10.5. The van der Waals surface area contributed by atoms with E-state index in [0.29, 0.717) is 32.7 Å². The lowest BCUT2D eigenvalue weighted by Gasteiger charge is -2.34. The van der Waals surface area contributed by atoms with Gasteiger partial charge in [-0.15, -0.1) is 0 Å². The van der Waals surface area contributed by atoms with Crippen molar-refractivity contribution >= 4 is 62.3 Å². The molecule has 0 saturated heterocycles. The summed E-state index contributed by atoms with van der Waals surface area (Å²) >= 11 is 19.5. The van der Waals surface area contributed by atoms with Crippen LogP contribution in [0, 0.1) is 13.8 Å². The highest BCUT2D eigenvalue weighted by molar-refractivity contribution is 7.92. The van der Waals surface area contributed by atoms with Crippen molar-refractivity contribution in [2.24, 2.45) is 0 Å². The minimum absolute atomic E-state index is 0.00844. The van der Waals surface area contributed by atoms with Gasteiger partial charge in [-0.3, -0.25) is 13.9 Å². The molecule has 1 unspecified atom stereocenters. The van der Waals surface area contributed by atoms with Crippen LogP contribution in [0.1, 0.15) is 42.0 Å². The van der Waals surface area contributed by atoms with Crippen molar-refractivity contribution in [1.82, 2.24) is 10.2 Å². The summed E-state index contributed by atoms with van der Waals surface area (Å²) < 4.78 is 29.6. The summed E-state index contributed by atoms with van der Waals surface area (Å²) in [6, 6.07) is 24.6. The molecule has 1 N–H and O–H groups in total. The Labute approximate surface area is 292 Å². The number of nitrogens with one attached hydrogen (secondary N) is 1. The fraction of sp³-hybridized carbons (Fsp3) is 0.278. The Morgan fingerprint density at radius 1 is 0.851 bits per heavy atom. The molecule has 0 saturated carbocycles. The average Bonchev–Trinajstić information content (AvgIpc) is 3.04. The second-order valence-electron chi connectivity index (χ2n) is 11.3. The van der Waals surface area contributed by atoms with Gasteiger partial charge in [0.15, 0.2) is 0 Å². The number of aryl methyl sites for hydroxylation is 2. The van der Waals surface area contributed by atoms with Crippen molar-refractivity contribution in [3.05, 3.63) is 128 Å². The standard InChI is InChI=1S/C36H38Cl3N3O4S/c1-4-5-20-40-36(44)34(21-27-10-7-6-8-11-27)41(23-30-31(38)12-9-13-32(30)39)35(43)24-42(33-22-28(37)17-16-26(33)3)47(45,46)29-18-14-25(2)15-19-29/h6-19,22,34H,4-5,20-21,23-24H2,1-3H3,(H,40,44). The molecule has 0 aliphatic rings. The maximum Gasteiger partial charge on any atom is 0.264 e. The molecule has 4 aromatic rings. The van der Waals surface area contributed by atoms with Crippen LogP contribution in [-0.2, 0) is 32.6 Å². The zero-order valence-electron chi connectivity index (χ0n) is 26.5. The number of hydrogen-bond acceptors (Lipinski definition) is 4. The minimum Gasteiger partial charge on any atom is -0.354 e. The second-order valence-corrected chi connectivity index (χ2v) is 14.4. The molecule has 4 aromatic carbocycles. The van der Waals surface area contributed by atoms with Crippen molar-refractivity contribution < 1.29 is 18.0 Å². The van der Waals surface area contributed by atoms with Gasteiger partial charge in [-0.25, -0.2) is 8.42 Å². The van der Waals surface area contributed by atoms with Crippen molar-refractivity contribution in [2.45, 2.75) is 57.5 Å². The van der Waals surface area contributed by atoms with Crippen LogP contribution in [0.15, 0.2) is 95.9 Å². The minimum atomic E-state index is -4.28. The Balaban J connectivity index is 1.85. The number of unbranched alkanes of at least 4 members (excludes halogenated alkanes) is 1. The van der Waals surface area contributed by atoms with Crippen LogP contribution in [-0.4, -0.2) is 44.3 Å². The van der Waals surface area contributed by atoms with Gasteiger partial charge in [-0.05, 0) is 67.8 Å². The number of sulfonamides is 1. The largest absolute Gasteiger partial charge is 0.354 e. The van der Waals surface area contributed by atoms with Gasteiger partial charge in [-0.1, -0.05) is 108 Å². The van der Waals surface area contributed by atoms with Crippen LogP contribution in [0.2, 0.25) is 15.1 Å². The summed E-state index contributed by atoms with van der Waals surface area (Å²) in [6.45, 7) is 5.29. The average molecular weight is 715 g/mol. The van der Waals surface area contributed by atoms with Crippen molar-refractivity contribution in [2.75, 3.05) is 17.4 Å². The third kappa shape index (κ3) is 9.29. The summed E-state index contributed by atoms with van der Waals surface area (Å²) in [5, 5.41) is 3.90. The molecular formula is C36H38Cl3N3O4S. The summed E-state index contributed by atoms with van der Waals surface area (Å²) in [5.74, 6) is -0.992. The smallest absolute Gasteiger partial charge is 0.264 e. The highest BCUT2D eigenvalue weighted by Gasteiger charge is 2.35. The monoisotopic (exact) mass is 713 g/mol. The number of halogens is 3. The summed E-state index contributed by atoms with van der Waals surface area (Å²) in [4.78, 5) is 30.0. The van der Waals surface area contributed by atoms with Gasteiger partial charge in [0.1, 0.15) is 12.6 Å². The van der Waals surface area contributed by atoms with E-state index in [1.807, 2.05) is 44.2 Å². The van der Waals surface area contributed by atoms with Gasteiger partial charge in [0.2, 0.25) is 11.8 Å². The number of rotatable bonds is 14. The lowest BCUT2D eigenvalue weighted by atomic mass is 10.0. The van der Waals surface area contributed by atoms with E-state index >= 15 is 0 Å². The van der Waals surface area contributed by atoms with Crippen LogP contribution in [0.25, 0.3) is 0 Å². The topological polar surface area (TPSA) is 86.8 Å². The lowest BCUT2D eigenvalue weighted by molar-refractivity contribution is -0.140. The van der Waals surface area contributed by atoms with Crippen LogP contribution >= 0.6 is 34.8 Å². The highest BCUT2D eigenvalue weighted by Crippen LogP contribution is 2.31. The van der Waals surface area contributed by atoms with Gasteiger partial charge in [0.25, 0.3) is 10.0 Å². The third-order valence-electron chi connectivity index (χ3n) is 7.82. The number of nitrogens with zero attached hydrogens (tertiary/aromatic N) is 2. The molecule has 0 heterocycles. The van der Waals surface area contributed by atoms with E-state index in [2.05, 4.69) is 5.32 Å². The van der Waals surface area contributed by atoms with Crippen LogP contribution in [0.5, 0.6) is 0 Å². The first-order chi connectivity index (χ1) is 22.4. The fourth-order valence-electron chi connectivity index (χ4n) is 5.12. The predicted molar refractivity (Wildman–Crippen MR) is 191 cm³/mol. The Morgan fingerprint density at radius 3 is 2.15 bits per heavy atom. The summed E-state index contributed by atoms with van der Waals surface area (Å²) in [6.07, 6.45) is 1.80. The van der Waals surface area contributed by atoms with Gasteiger partial charge in [-0.2, -0.15) is 0 Å². The lowest BCUT2D eigenvalue weighted by Crippen LogP contribution is -2.53. The molecule has 248 valence electrons.